The Labute approximate surface area is 107 Å². The van der Waals surface area contributed by atoms with E-state index < -0.39 is 0 Å². The van der Waals surface area contributed by atoms with E-state index in [0.717, 1.165) is 10.3 Å². The number of rotatable bonds is 6. The van der Waals surface area contributed by atoms with Crippen LogP contribution >= 0.6 is 15.9 Å². The van der Waals surface area contributed by atoms with Crippen molar-refractivity contribution in [2.24, 2.45) is 0 Å². The zero-order valence-corrected chi connectivity index (χ0v) is 12.0. The summed E-state index contributed by atoms with van der Waals surface area (Å²) in [5.74, 6) is 0.977. The second kappa shape index (κ2) is 6.89. The van der Waals surface area contributed by atoms with Crippen LogP contribution in [-0.2, 0) is 0 Å². The Morgan fingerprint density at radius 2 is 2.19 bits per heavy atom. The zero-order valence-electron chi connectivity index (χ0n) is 10.4. The van der Waals surface area contributed by atoms with E-state index in [1.807, 2.05) is 6.20 Å². The van der Waals surface area contributed by atoms with E-state index in [4.69, 9.17) is 0 Å². The van der Waals surface area contributed by atoms with Crippen molar-refractivity contribution < 1.29 is 0 Å². The number of unbranched alkanes of at least 4 members (excludes halogenated alkanes) is 2. The average molecular weight is 285 g/mol. The molecule has 1 aromatic rings. The van der Waals surface area contributed by atoms with Gasteiger partial charge in [-0.25, -0.2) is 4.98 Å². The van der Waals surface area contributed by atoms with Crippen LogP contribution in [0.3, 0.4) is 0 Å². The summed E-state index contributed by atoms with van der Waals surface area (Å²) in [6.07, 6.45) is 6.96. The Morgan fingerprint density at radius 3 is 2.81 bits per heavy atom. The van der Waals surface area contributed by atoms with Crippen LogP contribution in [0.25, 0.3) is 0 Å². The highest BCUT2D eigenvalue weighted by molar-refractivity contribution is 9.10. The van der Waals surface area contributed by atoms with Gasteiger partial charge in [-0.1, -0.05) is 26.2 Å². The van der Waals surface area contributed by atoms with E-state index in [9.17, 15) is 0 Å². The second-order valence-electron chi connectivity index (χ2n) is 4.36. The third-order valence-electron chi connectivity index (χ3n) is 2.68. The molecule has 2 nitrogen and oxygen atoms in total. The molecule has 1 aromatic heterocycles. The van der Waals surface area contributed by atoms with Crippen LogP contribution in [0.2, 0.25) is 0 Å². The summed E-state index contributed by atoms with van der Waals surface area (Å²) in [5.41, 5.74) is 1.22. The van der Waals surface area contributed by atoms with Gasteiger partial charge in [0.1, 0.15) is 5.82 Å². The molecule has 0 aliphatic carbocycles. The van der Waals surface area contributed by atoms with Crippen molar-refractivity contribution in [3.8, 4) is 0 Å². The molecular weight excluding hydrogens is 264 g/mol. The van der Waals surface area contributed by atoms with Crippen LogP contribution in [0.1, 0.15) is 45.1 Å². The average Bonchev–Trinajstić information content (AvgIpc) is 2.24. The Bertz CT molecular complexity index is 326. The van der Waals surface area contributed by atoms with E-state index in [2.05, 4.69) is 53.1 Å². The summed E-state index contributed by atoms with van der Waals surface area (Å²) in [6.45, 7) is 6.53. The molecule has 0 bridgehead atoms. The summed E-state index contributed by atoms with van der Waals surface area (Å²) in [6, 6.07) is 2.58. The van der Waals surface area contributed by atoms with Crippen molar-refractivity contribution in [2.75, 3.05) is 5.32 Å². The topological polar surface area (TPSA) is 24.9 Å². The number of halogens is 1. The number of pyridine rings is 1. The molecule has 0 aliphatic heterocycles. The van der Waals surface area contributed by atoms with Gasteiger partial charge in [0, 0.05) is 16.7 Å². The highest BCUT2D eigenvalue weighted by Crippen LogP contribution is 2.18. The molecule has 1 heterocycles. The maximum Gasteiger partial charge on any atom is 0.126 e. The number of hydrogen-bond acceptors (Lipinski definition) is 2. The molecule has 1 rings (SSSR count). The quantitative estimate of drug-likeness (QED) is 0.776. The molecule has 0 aromatic carbocycles. The van der Waals surface area contributed by atoms with Gasteiger partial charge < -0.3 is 5.32 Å². The molecular formula is C13H21BrN2. The highest BCUT2D eigenvalue weighted by Gasteiger charge is 2.03. The maximum absolute atomic E-state index is 4.35. The lowest BCUT2D eigenvalue weighted by Gasteiger charge is -2.14. The maximum atomic E-state index is 4.35. The van der Waals surface area contributed by atoms with Crippen molar-refractivity contribution in [3.05, 3.63) is 22.3 Å². The summed E-state index contributed by atoms with van der Waals surface area (Å²) in [4.78, 5) is 4.35. The molecule has 0 saturated heterocycles. The third kappa shape index (κ3) is 4.52. The molecule has 1 N–H and O–H groups in total. The minimum absolute atomic E-state index is 0.500. The number of hydrogen-bond donors (Lipinski definition) is 1. The van der Waals surface area contributed by atoms with Crippen LogP contribution in [0, 0.1) is 6.92 Å². The van der Waals surface area contributed by atoms with Crippen LogP contribution in [0.5, 0.6) is 0 Å². The first kappa shape index (κ1) is 13.5. The van der Waals surface area contributed by atoms with Crippen molar-refractivity contribution in [2.45, 2.75) is 52.5 Å². The predicted molar refractivity (Wildman–Crippen MR) is 73.9 cm³/mol. The summed E-state index contributed by atoms with van der Waals surface area (Å²) < 4.78 is 1.07. The molecule has 0 saturated carbocycles. The van der Waals surface area contributed by atoms with Crippen LogP contribution in [-0.4, -0.2) is 11.0 Å². The smallest absolute Gasteiger partial charge is 0.126 e. The Balaban J connectivity index is 2.43. The Hall–Kier alpha value is -0.570. The van der Waals surface area contributed by atoms with Gasteiger partial charge in [-0.05, 0) is 47.8 Å². The number of anilines is 1. The van der Waals surface area contributed by atoms with Crippen LogP contribution in [0.15, 0.2) is 16.7 Å². The Kier molecular flexibility index (Phi) is 5.81. The van der Waals surface area contributed by atoms with Gasteiger partial charge in [-0.15, -0.1) is 0 Å². The SMILES string of the molecule is CCCCCC(C)Nc1cc(C)c(Br)cn1. The van der Waals surface area contributed by atoms with E-state index in [-0.39, 0.29) is 0 Å². The van der Waals surface area contributed by atoms with Gasteiger partial charge in [0.25, 0.3) is 0 Å². The van der Waals surface area contributed by atoms with Gasteiger partial charge >= 0.3 is 0 Å². The van der Waals surface area contributed by atoms with Crippen LogP contribution in [0.4, 0.5) is 5.82 Å². The van der Waals surface area contributed by atoms with Gasteiger partial charge in [0.2, 0.25) is 0 Å². The van der Waals surface area contributed by atoms with E-state index >= 15 is 0 Å². The molecule has 0 amide bonds. The van der Waals surface area contributed by atoms with Gasteiger partial charge in [-0.3, -0.25) is 0 Å². The predicted octanol–water partition coefficient (Wildman–Crippen LogP) is 4.53. The zero-order chi connectivity index (χ0) is 12.0. The van der Waals surface area contributed by atoms with Crippen molar-refractivity contribution in [3.63, 3.8) is 0 Å². The van der Waals surface area contributed by atoms with Crippen molar-refractivity contribution >= 4 is 21.7 Å². The monoisotopic (exact) mass is 284 g/mol. The van der Waals surface area contributed by atoms with Gasteiger partial charge in [-0.2, -0.15) is 0 Å². The lowest BCUT2D eigenvalue weighted by Crippen LogP contribution is -2.15. The van der Waals surface area contributed by atoms with Crippen LogP contribution < -0.4 is 5.32 Å². The lowest BCUT2D eigenvalue weighted by atomic mass is 10.1. The second-order valence-corrected chi connectivity index (χ2v) is 5.21. The standard InChI is InChI=1S/C13H21BrN2/c1-4-5-6-7-11(3)16-13-8-10(2)12(14)9-15-13/h8-9,11H,4-7H2,1-3H3,(H,15,16). The first-order chi connectivity index (χ1) is 7.63. The molecule has 16 heavy (non-hydrogen) atoms. The largest absolute Gasteiger partial charge is 0.368 e. The molecule has 0 fully saturated rings. The first-order valence-corrected chi connectivity index (χ1v) is 6.81. The molecule has 0 aliphatic rings. The molecule has 0 spiro atoms. The molecule has 90 valence electrons. The summed E-state index contributed by atoms with van der Waals surface area (Å²) in [5, 5.41) is 3.44. The number of nitrogens with one attached hydrogen (secondary N) is 1. The van der Waals surface area contributed by atoms with Gasteiger partial charge in [0.15, 0.2) is 0 Å². The van der Waals surface area contributed by atoms with Crippen molar-refractivity contribution in [1.29, 1.82) is 0 Å². The molecule has 3 heteroatoms. The summed E-state index contributed by atoms with van der Waals surface area (Å²) >= 11 is 3.46. The molecule has 1 atom stereocenters. The normalized spacial score (nSPS) is 12.5. The minimum atomic E-state index is 0.500. The Morgan fingerprint density at radius 1 is 1.44 bits per heavy atom. The minimum Gasteiger partial charge on any atom is -0.368 e. The fraction of sp³-hybridized carbons (Fsp3) is 0.615. The van der Waals surface area contributed by atoms with E-state index in [1.54, 1.807) is 0 Å². The summed E-state index contributed by atoms with van der Waals surface area (Å²) in [7, 11) is 0. The third-order valence-corrected chi connectivity index (χ3v) is 3.51. The molecule has 1 unspecified atom stereocenters. The molecule has 0 radical (unpaired) electrons. The fourth-order valence-corrected chi connectivity index (χ4v) is 1.86. The number of aryl methyl sites for hydroxylation is 1. The number of aromatic nitrogens is 1. The van der Waals surface area contributed by atoms with E-state index in [1.165, 1.54) is 31.2 Å². The van der Waals surface area contributed by atoms with E-state index in [0.29, 0.717) is 6.04 Å². The van der Waals surface area contributed by atoms with Gasteiger partial charge in [0.05, 0.1) is 0 Å². The fourth-order valence-electron chi connectivity index (χ4n) is 1.64. The van der Waals surface area contributed by atoms with Crippen molar-refractivity contribution in [1.82, 2.24) is 4.98 Å². The lowest BCUT2D eigenvalue weighted by molar-refractivity contribution is 0.613. The highest BCUT2D eigenvalue weighted by atomic mass is 79.9. The first-order valence-electron chi connectivity index (χ1n) is 6.02. The number of nitrogens with zero attached hydrogens (tertiary/aromatic N) is 1.